The molecule has 2 aromatic heterocycles. The molecular formula is C12H19N3. The smallest absolute Gasteiger partial charge is 0.153 e. The number of hydrogen-bond donors (Lipinski definition) is 0. The summed E-state index contributed by atoms with van der Waals surface area (Å²) >= 11 is 0. The molecule has 2 aromatic rings. The molecule has 0 N–H and O–H groups in total. The Morgan fingerprint density at radius 2 is 1.87 bits per heavy atom. The maximum atomic E-state index is 4.52. The largest absolute Gasteiger partial charge is 0.232 e. The number of fused-ring (bicyclic) bond motifs is 1. The minimum Gasteiger partial charge on any atom is -0.232 e. The first-order valence-corrected chi connectivity index (χ1v) is 4.80. The van der Waals surface area contributed by atoms with Crippen molar-refractivity contribution in [3.63, 3.8) is 0 Å². The molecule has 15 heavy (non-hydrogen) atoms. The predicted octanol–water partition coefficient (Wildman–Crippen LogP) is 2.97. The van der Waals surface area contributed by atoms with Gasteiger partial charge in [-0.3, -0.25) is 0 Å². The Morgan fingerprint density at radius 3 is 2.47 bits per heavy atom. The van der Waals surface area contributed by atoms with Crippen molar-refractivity contribution in [3.8, 4) is 0 Å². The zero-order chi connectivity index (χ0) is 10.3. The average Bonchev–Trinajstić information content (AvgIpc) is 2.41. The van der Waals surface area contributed by atoms with Crippen molar-refractivity contribution in [1.29, 1.82) is 0 Å². The fourth-order valence-corrected chi connectivity index (χ4v) is 1.40. The van der Waals surface area contributed by atoms with Gasteiger partial charge >= 0.3 is 0 Å². The second-order valence-corrected chi connectivity index (χ2v) is 4.65. The van der Waals surface area contributed by atoms with Crippen LogP contribution in [0, 0.1) is 6.92 Å². The lowest BCUT2D eigenvalue weighted by Gasteiger charge is -2.16. The Bertz CT molecular complexity index is 463. The van der Waals surface area contributed by atoms with E-state index in [1.54, 1.807) is 0 Å². The first kappa shape index (κ1) is 11.7. The Balaban J connectivity index is 0.00000112. The van der Waals surface area contributed by atoms with Gasteiger partial charge in [-0.1, -0.05) is 28.2 Å². The molecule has 0 radical (unpaired) electrons. The lowest BCUT2D eigenvalue weighted by Crippen LogP contribution is -2.15. The minimum absolute atomic E-state index is 0. The molecule has 82 valence electrons. The number of hydrogen-bond acceptors (Lipinski definition) is 2. The molecule has 0 aliphatic heterocycles. The summed E-state index contributed by atoms with van der Waals surface area (Å²) in [5.74, 6) is 0. The molecule has 0 aliphatic rings. The van der Waals surface area contributed by atoms with Crippen molar-refractivity contribution in [2.24, 2.45) is 0 Å². The molecule has 0 atom stereocenters. The first-order valence-electron chi connectivity index (χ1n) is 4.80. The summed E-state index contributed by atoms with van der Waals surface area (Å²) in [6.07, 6.45) is 1.95. The zero-order valence-corrected chi connectivity index (χ0v) is 9.07. The molecule has 0 aliphatic carbocycles. The van der Waals surface area contributed by atoms with E-state index in [0.29, 0.717) is 0 Å². The van der Waals surface area contributed by atoms with Crippen LogP contribution >= 0.6 is 0 Å². The van der Waals surface area contributed by atoms with Gasteiger partial charge in [-0.15, -0.1) is 0 Å². The van der Waals surface area contributed by atoms with Gasteiger partial charge in [0.25, 0.3) is 0 Å². The Hall–Kier alpha value is -1.38. The van der Waals surface area contributed by atoms with Crippen LogP contribution in [0.25, 0.3) is 5.65 Å². The fourth-order valence-electron chi connectivity index (χ4n) is 1.40. The normalized spacial score (nSPS) is 11.5. The van der Waals surface area contributed by atoms with E-state index in [0.717, 1.165) is 17.0 Å². The maximum Gasteiger partial charge on any atom is 0.153 e. The van der Waals surface area contributed by atoms with Crippen LogP contribution in [0.1, 0.15) is 39.6 Å². The van der Waals surface area contributed by atoms with Crippen LogP contribution in [0.15, 0.2) is 18.3 Å². The van der Waals surface area contributed by atoms with Gasteiger partial charge in [0.1, 0.15) is 0 Å². The number of aryl methyl sites for hydroxylation is 1. The highest BCUT2D eigenvalue weighted by molar-refractivity contribution is 5.39. The quantitative estimate of drug-likeness (QED) is 0.662. The third-order valence-corrected chi connectivity index (χ3v) is 2.21. The van der Waals surface area contributed by atoms with Crippen molar-refractivity contribution in [2.45, 2.75) is 40.5 Å². The third-order valence-electron chi connectivity index (χ3n) is 2.21. The third kappa shape index (κ3) is 2.17. The van der Waals surface area contributed by atoms with E-state index in [-0.39, 0.29) is 12.8 Å². The molecule has 0 bridgehead atoms. The minimum atomic E-state index is 0. The van der Waals surface area contributed by atoms with E-state index in [1.165, 1.54) is 0 Å². The van der Waals surface area contributed by atoms with Gasteiger partial charge in [-0.25, -0.2) is 9.50 Å². The summed E-state index contributed by atoms with van der Waals surface area (Å²) in [6, 6.07) is 4.06. The average molecular weight is 205 g/mol. The molecule has 3 heteroatoms. The van der Waals surface area contributed by atoms with Crippen molar-refractivity contribution >= 4 is 5.65 Å². The molecule has 0 saturated heterocycles. The highest BCUT2D eigenvalue weighted by Crippen LogP contribution is 2.19. The SMILES string of the molecule is C.Cc1cn2nc(C(C)(C)C)ccc2n1. The van der Waals surface area contributed by atoms with Gasteiger partial charge in [-0.05, 0) is 19.1 Å². The lowest BCUT2D eigenvalue weighted by atomic mass is 9.92. The molecule has 2 rings (SSSR count). The first-order chi connectivity index (χ1) is 6.47. The maximum absolute atomic E-state index is 4.52. The number of aromatic nitrogens is 3. The van der Waals surface area contributed by atoms with Gasteiger partial charge in [0.05, 0.1) is 17.6 Å². The summed E-state index contributed by atoms with van der Waals surface area (Å²) in [4.78, 5) is 4.34. The second-order valence-electron chi connectivity index (χ2n) is 4.65. The van der Waals surface area contributed by atoms with Crippen LogP contribution in [0.2, 0.25) is 0 Å². The fraction of sp³-hybridized carbons (Fsp3) is 0.500. The Morgan fingerprint density at radius 1 is 1.20 bits per heavy atom. The Kier molecular flexibility index (Phi) is 2.84. The number of rotatable bonds is 0. The predicted molar refractivity (Wildman–Crippen MR) is 63.2 cm³/mol. The van der Waals surface area contributed by atoms with Crippen molar-refractivity contribution in [2.75, 3.05) is 0 Å². The van der Waals surface area contributed by atoms with Crippen LogP contribution in [0.5, 0.6) is 0 Å². The lowest BCUT2D eigenvalue weighted by molar-refractivity contribution is 0.554. The summed E-state index contributed by atoms with van der Waals surface area (Å²) in [7, 11) is 0. The number of imidazole rings is 1. The van der Waals surface area contributed by atoms with E-state index in [9.17, 15) is 0 Å². The molecule has 3 nitrogen and oxygen atoms in total. The van der Waals surface area contributed by atoms with Crippen LogP contribution in [-0.4, -0.2) is 14.6 Å². The van der Waals surface area contributed by atoms with E-state index in [2.05, 4.69) is 30.9 Å². The van der Waals surface area contributed by atoms with Crippen molar-refractivity contribution < 1.29 is 0 Å². The molecule has 2 heterocycles. The number of nitrogens with zero attached hydrogens (tertiary/aromatic N) is 3. The van der Waals surface area contributed by atoms with Gasteiger partial charge in [-0.2, -0.15) is 5.10 Å². The molecule has 0 spiro atoms. The van der Waals surface area contributed by atoms with Gasteiger partial charge in [0, 0.05) is 5.41 Å². The summed E-state index contributed by atoms with van der Waals surface area (Å²) in [5, 5.41) is 4.52. The van der Waals surface area contributed by atoms with Crippen LogP contribution < -0.4 is 0 Å². The van der Waals surface area contributed by atoms with E-state index < -0.39 is 0 Å². The molecule has 0 unspecified atom stereocenters. The van der Waals surface area contributed by atoms with E-state index in [4.69, 9.17) is 0 Å². The molecule has 0 fully saturated rings. The molecule has 0 saturated carbocycles. The summed E-state index contributed by atoms with van der Waals surface area (Å²) in [6.45, 7) is 8.45. The topological polar surface area (TPSA) is 30.2 Å². The van der Waals surface area contributed by atoms with Crippen molar-refractivity contribution in [1.82, 2.24) is 14.6 Å². The Labute approximate surface area is 91.2 Å². The monoisotopic (exact) mass is 205 g/mol. The van der Waals surface area contributed by atoms with E-state index >= 15 is 0 Å². The summed E-state index contributed by atoms with van der Waals surface area (Å²) < 4.78 is 1.84. The van der Waals surface area contributed by atoms with Crippen LogP contribution in [0.4, 0.5) is 0 Å². The summed E-state index contributed by atoms with van der Waals surface area (Å²) in [5.41, 5.74) is 3.09. The van der Waals surface area contributed by atoms with Gasteiger partial charge in [0.15, 0.2) is 5.65 Å². The van der Waals surface area contributed by atoms with Crippen LogP contribution in [-0.2, 0) is 5.41 Å². The molecule has 0 amide bonds. The van der Waals surface area contributed by atoms with Gasteiger partial charge in [0.2, 0.25) is 0 Å². The van der Waals surface area contributed by atoms with Crippen LogP contribution in [0.3, 0.4) is 0 Å². The molecular weight excluding hydrogens is 186 g/mol. The molecule has 0 aromatic carbocycles. The zero-order valence-electron chi connectivity index (χ0n) is 9.07. The standard InChI is InChI=1S/C11H15N3.CH4/c1-8-7-14-10(12-8)6-5-9(13-14)11(2,3)4;/h5-7H,1-4H3;1H4. The van der Waals surface area contributed by atoms with Crippen molar-refractivity contribution in [3.05, 3.63) is 29.7 Å². The van der Waals surface area contributed by atoms with Gasteiger partial charge < -0.3 is 0 Å². The highest BCUT2D eigenvalue weighted by Gasteiger charge is 2.15. The highest BCUT2D eigenvalue weighted by atomic mass is 15.2. The second kappa shape index (κ2) is 3.65. The van der Waals surface area contributed by atoms with E-state index in [1.807, 2.05) is 29.8 Å².